The molecule has 2 aromatic rings. The molecule has 0 aromatic heterocycles. The van der Waals surface area contributed by atoms with Crippen molar-refractivity contribution in [2.45, 2.75) is 19.3 Å². The molecule has 1 aliphatic rings. The van der Waals surface area contributed by atoms with Crippen LogP contribution in [0.15, 0.2) is 36.4 Å². The van der Waals surface area contributed by atoms with E-state index in [1.165, 1.54) is 29.2 Å². The average molecular weight is 322 g/mol. The molecule has 5 heteroatoms. The van der Waals surface area contributed by atoms with E-state index in [0.29, 0.717) is 12.2 Å². The lowest BCUT2D eigenvalue weighted by Crippen LogP contribution is -2.37. The molecule has 0 fully saturated rings. The molecule has 2 nitrogen and oxygen atoms in total. The topological polar surface area (TPSA) is 20.3 Å². The number of halogens is 3. The summed E-state index contributed by atoms with van der Waals surface area (Å²) in [4.78, 5) is 13.9. The first-order valence-corrected chi connectivity index (χ1v) is 7.46. The Morgan fingerprint density at radius 3 is 2.64 bits per heavy atom. The van der Waals surface area contributed by atoms with Gasteiger partial charge in [-0.15, -0.1) is 0 Å². The molecule has 1 heterocycles. The summed E-state index contributed by atoms with van der Waals surface area (Å²) in [6.45, 7) is 0.429. The minimum Gasteiger partial charge on any atom is -0.309 e. The first kappa shape index (κ1) is 15.0. The second kappa shape index (κ2) is 6.05. The summed E-state index contributed by atoms with van der Waals surface area (Å²) < 4.78 is 27.9. The van der Waals surface area contributed by atoms with E-state index in [2.05, 4.69) is 0 Å². The number of fused-ring (bicyclic) bond motifs is 1. The van der Waals surface area contributed by atoms with Crippen LogP contribution in [0.25, 0.3) is 0 Å². The normalized spacial score (nSPS) is 13.9. The zero-order valence-corrected chi connectivity index (χ0v) is 12.5. The number of carbonyl (C=O) groups excluding carboxylic acids is 1. The summed E-state index contributed by atoms with van der Waals surface area (Å²) >= 11 is 5.96. The Kier molecular flexibility index (Phi) is 4.12. The van der Waals surface area contributed by atoms with E-state index in [9.17, 15) is 13.6 Å². The molecular formula is C17H14ClF2NO. The van der Waals surface area contributed by atoms with Crippen molar-refractivity contribution in [3.63, 3.8) is 0 Å². The molecule has 3 rings (SSSR count). The van der Waals surface area contributed by atoms with Gasteiger partial charge in [0.2, 0.25) is 5.91 Å². The Balaban J connectivity index is 1.92. The number of anilines is 1. The molecular weight excluding hydrogens is 308 g/mol. The standard InChI is InChI=1S/C17H14ClF2NO/c18-13-6-2-7-14(19)12(13)10-16(22)21-9-3-5-11-4-1-8-15(20)17(11)21/h1-2,4,6-8H,3,5,9-10H2. The van der Waals surface area contributed by atoms with Gasteiger partial charge in [-0.3, -0.25) is 4.79 Å². The second-order valence-electron chi connectivity index (χ2n) is 5.27. The first-order chi connectivity index (χ1) is 10.6. The van der Waals surface area contributed by atoms with Gasteiger partial charge >= 0.3 is 0 Å². The van der Waals surface area contributed by atoms with E-state index in [0.717, 1.165) is 18.4 Å². The minimum absolute atomic E-state index is 0.151. The lowest BCUT2D eigenvalue weighted by Gasteiger charge is -2.30. The van der Waals surface area contributed by atoms with Gasteiger partial charge in [0.25, 0.3) is 0 Å². The summed E-state index contributed by atoms with van der Waals surface area (Å²) in [7, 11) is 0. The summed E-state index contributed by atoms with van der Waals surface area (Å²) in [5.74, 6) is -1.30. The van der Waals surface area contributed by atoms with Gasteiger partial charge < -0.3 is 4.90 Å². The molecule has 114 valence electrons. The number of carbonyl (C=O) groups is 1. The van der Waals surface area contributed by atoms with E-state index in [-0.39, 0.29) is 22.9 Å². The van der Waals surface area contributed by atoms with Crippen LogP contribution in [-0.2, 0) is 17.6 Å². The highest BCUT2D eigenvalue weighted by Crippen LogP contribution is 2.31. The van der Waals surface area contributed by atoms with Gasteiger partial charge in [0, 0.05) is 17.1 Å². The largest absolute Gasteiger partial charge is 0.309 e. The van der Waals surface area contributed by atoms with Crippen LogP contribution in [0.5, 0.6) is 0 Å². The number of aryl methyl sites for hydroxylation is 1. The van der Waals surface area contributed by atoms with Crippen molar-refractivity contribution in [1.29, 1.82) is 0 Å². The van der Waals surface area contributed by atoms with Crippen LogP contribution in [0.1, 0.15) is 17.5 Å². The predicted octanol–water partition coefficient (Wildman–Crippen LogP) is 4.14. The van der Waals surface area contributed by atoms with Crippen LogP contribution < -0.4 is 4.90 Å². The SMILES string of the molecule is O=C(Cc1c(F)cccc1Cl)N1CCCc2cccc(F)c21. The van der Waals surface area contributed by atoms with E-state index in [4.69, 9.17) is 11.6 Å². The smallest absolute Gasteiger partial charge is 0.231 e. The molecule has 0 saturated carbocycles. The molecule has 0 N–H and O–H groups in total. The zero-order chi connectivity index (χ0) is 15.7. The maximum Gasteiger partial charge on any atom is 0.231 e. The Morgan fingerprint density at radius 1 is 1.14 bits per heavy atom. The number of para-hydroxylation sites is 1. The first-order valence-electron chi connectivity index (χ1n) is 7.08. The lowest BCUT2D eigenvalue weighted by atomic mass is 10.00. The molecule has 0 unspecified atom stereocenters. The van der Waals surface area contributed by atoms with Crippen molar-refractivity contribution in [2.24, 2.45) is 0 Å². The number of rotatable bonds is 2. The van der Waals surface area contributed by atoms with Crippen molar-refractivity contribution in [3.8, 4) is 0 Å². The summed E-state index contributed by atoms with van der Waals surface area (Å²) in [6, 6.07) is 9.07. The molecule has 0 spiro atoms. The molecule has 0 atom stereocenters. The van der Waals surface area contributed by atoms with E-state index in [1.54, 1.807) is 6.07 Å². The molecule has 22 heavy (non-hydrogen) atoms. The Labute approximate surface area is 132 Å². The van der Waals surface area contributed by atoms with Gasteiger partial charge in [-0.25, -0.2) is 8.78 Å². The molecule has 1 aliphatic heterocycles. The molecule has 2 aromatic carbocycles. The van der Waals surface area contributed by atoms with E-state index in [1.807, 2.05) is 6.07 Å². The van der Waals surface area contributed by atoms with Gasteiger partial charge in [-0.1, -0.05) is 29.8 Å². The quantitative estimate of drug-likeness (QED) is 0.814. The Hall–Kier alpha value is -1.94. The molecule has 0 radical (unpaired) electrons. The van der Waals surface area contributed by atoms with Crippen molar-refractivity contribution < 1.29 is 13.6 Å². The number of benzene rings is 2. The maximum atomic E-state index is 14.1. The molecule has 0 aliphatic carbocycles. The van der Waals surface area contributed by atoms with Gasteiger partial charge in [0.1, 0.15) is 11.6 Å². The second-order valence-corrected chi connectivity index (χ2v) is 5.68. The number of nitrogens with zero attached hydrogens (tertiary/aromatic N) is 1. The predicted molar refractivity (Wildman–Crippen MR) is 82.2 cm³/mol. The zero-order valence-electron chi connectivity index (χ0n) is 11.8. The molecule has 1 amide bonds. The monoisotopic (exact) mass is 321 g/mol. The third-order valence-corrected chi connectivity index (χ3v) is 4.21. The van der Waals surface area contributed by atoms with Crippen LogP contribution in [0.4, 0.5) is 14.5 Å². The fraction of sp³-hybridized carbons (Fsp3) is 0.235. The molecule has 0 saturated heterocycles. The van der Waals surface area contributed by atoms with Gasteiger partial charge in [0.05, 0.1) is 12.1 Å². The van der Waals surface area contributed by atoms with Crippen LogP contribution in [0, 0.1) is 11.6 Å². The van der Waals surface area contributed by atoms with Crippen molar-refractivity contribution in [1.82, 2.24) is 0 Å². The van der Waals surface area contributed by atoms with Gasteiger partial charge in [0.15, 0.2) is 0 Å². The van der Waals surface area contributed by atoms with Crippen molar-refractivity contribution >= 4 is 23.2 Å². The third kappa shape index (κ3) is 2.71. The summed E-state index contributed by atoms with van der Waals surface area (Å²) in [5, 5.41) is 0.208. The minimum atomic E-state index is -0.522. The highest BCUT2D eigenvalue weighted by molar-refractivity contribution is 6.31. The van der Waals surface area contributed by atoms with Crippen molar-refractivity contribution in [2.75, 3.05) is 11.4 Å². The summed E-state index contributed by atoms with van der Waals surface area (Å²) in [5.41, 5.74) is 1.27. The lowest BCUT2D eigenvalue weighted by molar-refractivity contribution is -0.118. The molecule has 0 bridgehead atoms. The maximum absolute atomic E-state index is 14.1. The van der Waals surface area contributed by atoms with Gasteiger partial charge in [-0.05, 0) is 36.6 Å². The van der Waals surface area contributed by atoms with Crippen LogP contribution >= 0.6 is 11.6 Å². The van der Waals surface area contributed by atoms with E-state index >= 15 is 0 Å². The van der Waals surface area contributed by atoms with Crippen LogP contribution in [0.2, 0.25) is 5.02 Å². The average Bonchev–Trinajstić information content (AvgIpc) is 2.50. The van der Waals surface area contributed by atoms with Crippen molar-refractivity contribution in [3.05, 3.63) is 64.2 Å². The fourth-order valence-electron chi connectivity index (χ4n) is 2.80. The number of amides is 1. The van der Waals surface area contributed by atoms with E-state index < -0.39 is 11.6 Å². The number of hydrogen-bond acceptors (Lipinski definition) is 1. The Morgan fingerprint density at radius 2 is 1.86 bits per heavy atom. The highest BCUT2D eigenvalue weighted by Gasteiger charge is 2.26. The Bertz CT molecular complexity index is 712. The fourth-order valence-corrected chi connectivity index (χ4v) is 3.03. The number of hydrogen-bond donors (Lipinski definition) is 0. The van der Waals surface area contributed by atoms with Crippen LogP contribution in [-0.4, -0.2) is 12.5 Å². The van der Waals surface area contributed by atoms with Crippen LogP contribution in [0.3, 0.4) is 0 Å². The highest BCUT2D eigenvalue weighted by atomic mass is 35.5. The third-order valence-electron chi connectivity index (χ3n) is 3.86. The summed E-state index contributed by atoms with van der Waals surface area (Å²) in [6.07, 6.45) is 1.31. The van der Waals surface area contributed by atoms with Gasteiger partial charge in [-0.2, -0.15) is 0 Å².